The number of carbonyl (C=O) groups excluding carboxylic acids is 2. The van der Waals surface area contributed by atoms with E-state index in [1.165, 1.54) is 46.5 Å². The van der Waals surface area contributed by atoms with Crippen LogP contribution < -0.4 is 19.5 Å². The number of nitrogens with one attached hydrogen (secondary N) is 1. The molecule has 2 aromatic carbocycles. The van der Waals surface area contributed by atoms with Crippen molar-refractivity contribution in [2.45, 2.75) is 13.0 Å². The fourth-order valence-corrected chi connectivity index (χ4v) is 2.63. The number of benzene rings is 2. The average molecular weight is 428 g/mol. The predicted molar refractivity (Wildman–Crippen MR) is 106 cm³/mol. The van der Waals surface area contributed by atoms with E-state index in [0.29, 0.717) is 21.5 Å². The number of ether oxygens (including phenoxy) is 4. The lowest BCUT2D eigenvalue weighted by molar-refractivity contribution is -0.122. The molecule has 0 radical (unpaired) electrons. The molecular formula is C19H19Cl2NO6. The highest BCUT2D eigenvalue weighted by Crippen LogP contribution is 2.34. The summed E-state index contributed by atoms with van der Waals surface area (Å²) in [5, 5.41) is 3.36. The van der Waals surface area contributed by atoms with E-state index < -0.39 is 18.0 Å². The molecule has 0 saturated carbocycles. The minimum absolute atomic E-state index is 0.0986. The van der Waals surface area contributed by atoms with E-state index in [4.69, 9.17) is 42.1 Å². The van der Waals surface area contributed by atoms with Crippen molar-refractivity contribution in [3.8, 4) is 17.2 Å². The number of amides is 1. The molecule has 0 spiro atoms. The highest BCUT2D eigenvalue weighted by atomic mass is 35.5. The smallest absolute Gasteiger partial charge is 0.340 e. The van der Waals surface area contributed by atoms with Gasteiger partial charge in [0, 0.05) is 23.2 Å². The second-order valence-electron chi connectivity index (χ2n) is 5.57. The summed E-state index contributed by atoms with van der Waals surface area (Å²) in [5.41, 5.74) is 0.281. The second kappa shape index (κ2) is 9.52. The van der Waals surface area contributed by atoms with Crippen molar-refractivity contribution < 1.29 is 28.5 Å². The zero-order valence-corrected chi connectivity index (χ0v) is 17.2. The van der Waals surface area contributed by atoms with Crippen LogP contribution in [0.3, 0.4) is 0 Å². The van der Waals surface area contributed by atoms with Gasteiger partial charge < -0.3 is 24.3 Å². The van der Waals surface area contributed by atoms with Crippen molar-refractivity contribution in [2.75, 3.05) is 26.6 Å². The maximum absolute atomic E-state index is 12.6. The molecule has 1 atom stereocenters. The van der Waals surface area contributed by atoms with Gasteiger partial charge in [0.05, 0.1) is 37.6 Å². The summed E-state index contributed by atoms with van der Waals surface area (Å²) < 4.78 is 20.8. The Morgan fingerprint density at radius 1 is 0.964 bits per heavy atom. The summed E-state index contributed by atoms with van der Waals surface area (Å²) in [4.78, 5) is 24.7. The first kappa shape index (κ1) is 21.7. The molecule has 7 nitrogen and oxygen atoms in total. The van der Waals surface area contributed by atoms with Gasteiger partial charge in [0.15, 0.2) is 17.6 Å². The number of rotatable bonds is 7. The van der Waals surface area contributed by atoms with Crippen molar-refractivity contribution in [2.24, 2.45) is 0 Å². The van der Waals surface area contributed by atoms with Crippen LogP contribution >= 0.6 is 23.2 Å². The minimum Gasteiger partial charge on any atom is -0.493 e. The molecule has 0 aromatic heterocycles. The van der Waals surface area contributed by atoms with Crippen LogP contribution in [-0.2, 0) is 9.53 Å². The first-order valence-corrected chi connectivity index (χ1v) is 8.83. The van der Waals surface area contributed by atoms with E-state index in [1.54, 1.807) is 12.1 Å². The lowest BCUT2D eigenvalue weighted by Gasteiger charge is -2.18. The molecule has 0 unspecified atom stereocenters. The molecule has 150 valence electrons. The predicted octanol–water partition coefficient (Wildman–Crippen LogP) is 4.20. The minimum atomic E-state index is -0.936. The van der Waals surface area contributed by atoms with Crippen LogP contribution in [0.1, 0.15) is 17.3 Å². The SMILES string of the molecule is COC(=O)c1cc(OC)c(OC)cc1NC(=O)[C@@H](C)Oc1cc(Cl)ccc1Cl. The van der Waals surface area contributed by atoms with Crippen molar-refractivity contribution in [1.82, 2.24) is 0 Å². The Kier molecular flexibility index (Phi) is 7.37. The summed E-state index contributed by atoms with van der Waals surface area (Å²) in [5.74, 6) is -0.263. The third kappa shape index (κ3) is 4.99. The largest absolute Gasteiger partial charge is 0.493 e. The lowest BCUT2D eigenvalue weighted by atomic mass is 10.1. The topological polar surface area (TPSA) is 83.1 Å². The molecule has 28 heavy (non-hydrogen) atoms. The normalized spacial score (nSPS) is 11.4. The number of carbonyl (C=O) groups is 2. The molecule has 0 bridgehead atoms. The Morgan fingerprint density at radius 2 is 1.61 bits per heavy atom. The van der Waals surface area contributed by atoms with Crippen LogP contribution in [0.25, 0.3) is 0 Å². The molecule has 2 rings (SSSR count). The van der Waals surface area contributed by atoms with Crippen molar-refractivity contribution >= 4 is 40.8 Å². The van der Waals surface area contributed by atoms with Gasteiger partial charge in [-0.2, -0.15) is 0 Å². The Bertz CT molecular complexity index is 887. The highest BCUT2D eigenvalue weighted by molar-refractivity contribution is 6.34. The Balaban J connectivity index is 2.28. The van der Waals surface area contributed by atoms with Crippen LogP contribution in [0.15, 0.2) is 30.3 Å². The van der Waals surface area contributed by atoms with Crippen molar-refractivity contribution in [3.05, 3.63) is 45.9 Å². The average Bonchev–Trinajstić information content (AvgIpc) is 2.69. The van der Waals surface area contributed by atoms with Gasteiger partial charge in [-0.15, -0.1) is 0 Å². The second-order valence-corrected chi connectivity index (χ2v) is 6.41. The van der Waals surface area contributed by atoms with E-state index in [2.05, 4.69) is 5.32 Å². The third-order valence-electron chi connectivity index (χ3n) is 3.75. The van der Waals surface area contributed by atoms with Crippen LogP contribution in [0.5, 0.6) is 17.2 Å². The molecule has 9 heteroatoms. The van der Waals surface area contributed by atoms with Gasteiger partial charge in [-0.25, -0.2) is 4.79 Å². The third-order valence-corrected chi connectivity index (χ3v) is 4.30. The zero-order chi connectivity index (χ0) is 20.8. The Morgan fingerprint density at radius 3 is 2.21 bits per heavy atom. The van der Waals surface area contributed by atoms with E-state index in [-0.39, 0.29) is 17.0 Å². The van der Waals surface area contributed by atoms with E-state index in [1.807, 2.05) is 0 Å². The number of methoxy groups -OCH3 is 3. The lowest BCUT2D eigenvalue weighted by Crippen LogP contribution is -2.31. The number of esters is 1. The molecule has 1 amide bonds. The number of anilines is 1. The fourth-order valence-electron chi connectivity index (χ4n) is 2.31. The van der Waals surface area contributed by atoms with Crippen LogP contribution in [0.4, 0.5) is 5.69 Å². The van der Waals surface area contributed by atoms with E-state index in [0.717, 1.165) is 0 Å². The molecule has 0 aliphatic heterocycles. The monoisotopic (exact) mass is 427 g/mol. The first-order chi connectivity index (χ1) is 13.3. The van der Waals surface area contributed by atoms with Gasteiger partial charge in [-0.1, -0.05) is 23.2 Å². The van der Waals surface area contributed by atoms with Gasteiger partial charge in [0.1, 0.15) is 5.75 Å². The summed E-state index contributed by atoms with van der Waals surface area (Å²) in [6, 6.07) is 7.55. The maximum Gasteiger partial charge on any atom is 0.340 e. The van der Waals surface area contributed by atoms with Crippen molar-refractivity contribution in [1.29, 1.82) is 0 Å². The Labute approximate surface area is 172 Å². The summed E-state index contributed by atoms with van der Waals surface area (Å²) in [6.07, 6.45) is -0.936. The molecule has 0 fully saturated rings. The molecular weight excluding hydrogens is 409 g/mol. The summed E-state index contributed by atoms with van der Waals surface area (Å²) in [6.45, 7) is 1.53. The first-order valence-electron chi connectivity index (χ1n) is 8.07. The van der Waals surface area contributed by atoms with Crippen LogP contribution in [-0.4, -0.2) is 39.3 Å². The molecule has 0 aliphatic carbocycles. The number of hydrogen-bond acceptors (Lipinski definition) is 6. The van der Waals surface area contributed by atoms with Crippen molar-refractivity contribution in [3.63, 3.8) is 0 Å². The van der Waals surface area contributed by atoms with Gasteiger partial charge in [-0.05, 0) is 19.1 Å². The molecule has 0 aliphatic rings. The van der Waals surface area contributed by atoms with E-state index in [9.17, 15) is 9.59 Å². The molecule has 0 heterocycles. The Hall–Kier alpha value is -2.64. The van der Waals surface area contributed by atoms with Gasteiger partial charge in [0.25, 0.3) is 5.91 Å². The quantitative estimate of drug-likeness (QED) is 0.666. The molecule has 1 N–H and O–H groups in total. The maximum atomic E-state index is 12.6. The highest BCUT2D eigenvalue weighted by Gasteiger charge is 2.22. The van der Waals surface area contributed by atoms with Gasteiger partial charge in [0.2, 0.25) is 0 Å². The fraction of sp³-hybridized carbons (Fsp3) is 0.263. The van der Waals surface area contributed by atoms with Gasteiger partial charge >= 0.3 is 5.97 Å². The number of halogens is 2. The van der Waals surface area contributed by atoms with Gasteiger partial charge in [-0.3, -0.25) is 4.79 Å². The standard InChI is InChI=1S/C19H19Cl2NO6/c1-10(28-15-7-11(20)5-6-13(15)21)18(23)22-14-9-17(26-3)16(25-2)8-12(14)19(24)27-4/h5-10H,1-4H3,(H,22,23)/t10-/m1/s1. The molecule has 2 aromatic rings. The number of hydrogen-bond donors (Lipinski definition) is 1. The van der Waals surface area contributed by atoms with Crippen LogP contribution in [0.2, 0.25) is 10.0 Å². The van der Waals surface area contributed by atoms with E-state index >= 15 is 0 Å². The summed E-state index contributed by atoms with van der Waals surface area (Å²) in [7, 11) is 4.10. The summed E-state index contributed by atoms with van der Waals surface area (Å²) >= 11 is 12.0. The molecule has 0 saturated heterocycles. The zero-order valence-electron chi connectivity index (χ0n) is 15.7. The van der Waals surface area contributed by atoms with Crippen LogP contribution in [0, 0.1) is 0 Å².